The molecular weight excluding hydrogens is 612 g/mol. The molecule has 0 N–H and O–H groups in total. The predicted octanol–water partition coefficient (Wildman–Crippen LogP) is 6.09. The number of rotatable bonds is 9. The molecule has 0 amide bonds. The van der Waals surface area contributed by atoms with Gasteiger partial charge in [-0.05, 0) is 65.2 Å². The summed E-state index contributed by atoms with van der Waals surface area (Å²) >= 11 is 6.34. The van der Waals surface area contributed by atoms with Crippen LogP contribution in [0.3, 0.4) is 0 Å². The Morgan fingerprint density at radius 2 is 1.98 bits per heavy atom. The lowest BCUT2D eigenvalue weighted by molar-refractivity contribution is -0.139. The maximum absolute atomic E-state index is 13.9. The van der Waals surface area contributed by atoms with Crippen molar-refractivity contribution in [2.45, 2.75) is 42.7 Å². The lowest BCUT2D eigenvalue weighted by Crippen LogP contribution is -2.40. The zero-order valence-corrected chi connectivity index (χ0v) is 25.4. The number of esters is 1. The van der Waals surface area contributed by atoms with Gasteiger partial charge in [0.05, 0.1) is 40.0 Å². The van der Waals surface area contributed by atoms with Crippen molar-refractivity contribution in [1.29, 1.82) is 0 Å². The third-order valence-electron chi connectivity index (χ3n) is 6.20. The Labute approximate surface area is 248 Å². The van der Waals surface area contributed by atoms with Crippen LogP contribution >= 0.6 is 39.0 Å². The van der Waals surface area contributed by atoms with Crippen molar-refractivity contribution in [3.63, 3.8) is 0 Å². The summed E-state index contributed by atoms with van der Waals surface area (Å²) in [7, 11) is 1.58. The molecule has 2 aromatic heterocycles. The van der Waals surface area contributed by atoms with Crippen LogP contribution in [0.2, 0.25) is 0 Å². The first-order valence-corrected chi connectivity index (χ1v) is 15.2. The maximum Gasteiger partial charge on any atom is 0.338 e. The Bertz CT molecular complexity index is 1750. The molecule has 0 unspecified atom stereocenters. The second-order valence-corrected chi connectivity index (χ2v) is 11.8. The molecule has 5 rings (SSSR count). The molecule has 10 heteroatoms. The molecule has 206 valence electrons. The molecule has 1 aliphatic heterocycles. The number of hydrogen-bond donors (Lipinski definition) is 0. The standard InChI is InChI=1S/C30H27BrN2O5S2/c1-4-10-23-25(28(35)37-5-2)26(18-11-9-12-19(15-18)36-3)33-27(34)24(40-30(33)32-23)17-20-16-22(31)29(38-20)39-21-13-7-6-8-14-21/h6-9,11-17,26H,4-5,10H2,1-3H3/b24-17+/t26-/m1/s1. The van der Waals surface area contributed by atoms with E-state index in [-0.39, 0.29) is 12.2 Å². The van der Waals surface area contributed by atoms with Crippen molar-refractivity contribution >= 4 is 51.1 Å². The highest BCUT2D eigenvalue weighted by molar-refractivity contribution is 9.10. The molecule has 0 spiro atoms. The molecule has 0 saturated heterocycles. The van der Waals surface area contributed by atoms with Gasteiger partial charge in [-0.1, -0.05) is 66.8 Å². The van der Waals surface area contributed by atoms with E-state index in [9.17, 15) is 9.59 Å². The number of carbonyl (C=O) groups excluding carboxylic acids is 1. The van der Waals surface area contributed by atoms with Crippen molar-refractivity contribution < 1.29 is 18.7 Å². The van der Waals surface area contributed by atoms with Gasteiger partial charge in [-0.3, -0.25) is 9.36 Å². The Morgan fingerprint density at radius 3 is 2.70 bits per heavy atom. The topological polar surface area (TPSA) is 83.0 Å². The molecule has 3 heterocycles. The number of benzene rings is 2. The zero-order valence-electron chi connectivity index (χ0n) is 22.2. The van der Waals surface area contributed by atoms with Crippen LogP contribution in [0.1, 0.15) is 44.1 Å². The van der Waals surface area contributed by atoms with Crippen LogP contribution in [-0.2, 0) is 9.53 Å². The zero-order chi connectivity index (χ0) is 28.2. The minimum atomic E-state index is -0.707. The van der Waals surface area contributed by atoms with Crippen LogP contribution in [0.15, 0.2) is 101 Å². The summed E-state index contributed by atoms with van der Waals surface area (Å²) in [5.74, 6) is 0.682. The molecule has 40 heavy (non-hydrogen) atoms. The highest BCUT2D eigenvalue weighted by atomic mass is 79.9. The van der Waals surface area contributed by atoms with E-state index in [1.54, 1.807) is 24.7 Å². The van der Waals surface area contributed by atoms with Gasteiger partial charge in [0.15, 0.2) is 9.89 Å². The number of methoxy groups -OCH3 is 1. The van der Waals surface area contributed by atoms with Crippen LogP contribution in [0.25, 0.3) is 6.08 Å². The number of ether oxygens (including phenoxy) is 2. The van der Waals surface area contributed by atoms with Crippen LogP contribution in [-0.4, -0.2) is 24.3 Å². The predicted molar refractivity (Wildman–Crippen MR) is 160 cm³/mol. The Balaban J connectivity index is 1.66. The number of aromatic nitrogens is 1. The van der Waals surface area contributed by atoms with Gasteiger partial charge in [0.1, 0.15) is 11.5 Å². The van der Waals surface area contributed by atoms with Crippen molar-refractivity contribution in [3.8, 4) is 5.75 Å². The van der Waals surface area contributed by atoms with E-state index in [2.05, 4.69) is 15.9 Å². The smallest absolute Gasteiger partial charge is 0.338 e. The fraction of sp³-hybridized carbons (Fsp3) is 0.233. The van der Waals surface area contributed by atoms with Gasteiger partial charge in [-0.25, -0.2) is 9.79 Å². The van der Waals surface area contributed by atoms with Gasteiger partial charge in [0, 0.05) is 11.0 Å². The molecule has 4 aromatic rings. The Kier molecular flexibility index (Phi) is 8.78. The fourth-order valence-corrected chi connectivity index (χ4v) is 6.83. The van der Waals surface area contributed by atoms with E-state index < -0.39 is 12.0 Å². The largest absolute Gasteiger partial charge is 0.497 e. The molecule has 0 fully saturated rings. The van der Waals surface area contributed by atoms with Gasteiger partial charge < -0.3 is 13.9 Å². The molecule has 1 aliphatic rings. The minimum absolute atomic E-state index is 0.216. The fourth-order valence-electron chi connectivity index (χ4n) is 4.48. The Hall–Kier alpha value is -3.34. The molecule has 0 bridgehead atoms. The number of carbonyl (C=O) groups is 1. The lowest BCUT2D eigenvalue weighted by atomic mass is 9.94. The van der Waals surface area contributed by atoms with E-state index in [1.165, 1.54) is 23.1 Å². The first-order valence-electron chi connectivity index (χ1n) is 12.8. The quantitative estimate of drug-likeness (QED) is 0.206. The summed E-state index contributed by atoms with van der Waals surface area (Å²) in [4.78, 5) is 33.6. The summed E-state index contributed by atoms with van der Waals surface area (Å²) < 4.78 is 19.8. The average Bonchev–Trinajstić information content (AvgIpc) is 3.46. The minimum Gasteiger partial charge on any atom is -0.497 e. The van der Waals surface area contributed by atoms with E-state index in [0.29, 0.717) is 43.6 Å². The number of nitrogens with zero attached hydrogens (tertiary/aromatic N) is 2. The van der Waals surface area contributed by atoms with Gasteiger partial charge in [0.2, 0.25) is 0 Å². The first kappa shape index (κ1) is 28.2. The van der Waals surface area contributed by atoms with Crippen LogP contribution in [0.4, 0.5) is 0 Å². The third kappa shape index (κ3) is 5.75. The number of furan rings is 1. The van der Waals surface area contributed by atoms with Gasteiger partial charge in [0.25, 0.3) is 5.56 Å². The molecule has 2 aromatic carbocycles. The maximum atomic E-state index is 13.9. The van der Waals surface area contributed by atoms with Gasteiger partial charge >= 0.3 is 5.97 Å². The summed E-state index contributed by atoms with van der Waals surface area (Å²) in [5, 5.41) is 0.689. The second-order valence-electron chi connectivity index (χ2n) is 8.89. The monoisotopic (exact) mass is 638 g/mol. The van der Waals surface area contributed by atoms with Crippen molar-refractivity contribution in [1.82, 2.24) is 4.57 Å². The second kappa shape index (κ2) is 12.4. The van der Waals surface area contributed by atoms with Gasteiger partial charge in [-0.15, -0.1) is 0 Å². The highest BCUT2D eigenvalue weighted by Gasteiger charge is 2.34. The molecular formula is C30H27BrN2O5S2. The van der Waals surface area contributed by atoms with E-state index >= 15 is 0 Å². The molecule has 0 aliphatic carbocycles. The van der Waals surface area contributed by atoms with Gasteiger partial charge in [-0.2, -0.15) is 0 Å². The summed E-state index contributed by atoms with van der Waals surface area (Å²) in [6.45, 7) is 4.01. The number of fused-ring (bicyclic) bond motifs is 1. The summed E-state index contributed by atoms with van der Waals surface area (Å²) in [5.41, 5.74) is 1.47. The lowest BCUT2D eigenvalue weighted by Gasteiger charge is -2.26. The number of hydrogen-bond acceptors (Lipinski definition) is 8. The number of allylic oxidation sites excluding steroid dienone is 1. The van der Waals surface area contributed by atoms with E-state index in [4.69, 9.17) is 18.9 Å². The molecule has 0 radical (unpaired) electrons. The average molecular weight is 640 g/mol. The van der Waals surface area contributed by atoms with Crippen molar-refractivity contribution in [2.24, 2.45) is 4.99 Å². The van der Waals surface area contributed by atoms with Crippen LogP contribution < -0.4 is 19.6 Å². The van der Waals surface area contributed by atoms with Crippen molar-refractivity contribution in [2.75, 3.05) is 13.7 Å². The molecule has 0 saturated carbocycles. The van der Waals surface area contributed by atoms with Crippen molar-refractivity contribution in [3.05, 3.63) is 107 Å². The summed E-state index contributed by atoms with van der Waals surface area (Å²) in [6, 6.07) is 18.4. The number of thiazole rings is 1. The molecule has 1 atom stereocenters. The number of halogens is 1. The van der Waals surface area contributed by atoms with Crippen LogP contribution in [0, 0.1) is 0 Å². The first-order chi connectivity index (χ1) is 19.4. The SMILES string of the molecule is CCCC1=C(C(=O)OCC)[C@@H](c2cccc(OC)c2)n2c(s/c(=C/c3cc(Br)c(Sc4ccccc4)o3)c2=O)=N1. The molecule has 7 nitrogen and oxygen atoms in total. The van der Waals surface area contributed by atoms with E-state index in [1.807, 2.05) is 67.6 Å². The Morgan fingerprint density at radius 1 is 1.18 bits per heavy atom. The normalized spacial score (nSPS) is 15.1. The highest BCUT2D eigenvalue weighted by Crippen LogP contribution is 2.36. The third-order valence-corrected chi connectivity index (χ3v) is 9.03. The van der Waals surface area contributed by atoms with Crippen LogP contribution in [0.5, 0.6) is 5.75 Å². The summed E-state index contributed by atoms with van der Waals surface area (Å²) in [6.07, 6.45) is 3.08. The van der Waals surface area contributed by atoms with E-state index in [0.717, 1.165) is 21.4 Å².